The van der Waals surface area contributed by atoms with Gasteiger partial charge in [0.1, 0.15) is 0 Å². The van der Waals surface area contributed by atoms with Crippen LogP contribution in [0, 0.1) is 12.8 Å². The average Bonchev–Trinajstić information content (AvgIpc) is 2.46. The Morgan fingerprint density at radius 2 is 2.00 bits per heavy atom. The van der Waals surface area contributed by atoms with Crippen molar-refractivity contribution in [2.45, 2.75) is 26.2 Å². The monoisotopic (exact) mass is 251 g/mol. The van der Waals surface area contributed by atoms with E-state index < -0.39 is 0 Å². The zero-order chi connectivity index (χ0) is 13.2. The quantitative estimate of drug-likeness (QED) is 0.766. The minimum atomic E-state index is 0.109. The molecule has 1 aliphatic carbocycles. The van der Waals surface area contributed by atoms with E-state index in [4.69, 9.17) is 0 Å². The van der Waals surface area contributed by atoms with Crippen LogP contribution in [0.15, 0.2) is 42.7 Å². The Balaban J connectivity index is 1.86. The minimum Gasteiger partial charge on any atom is -0.294 e. The molecule has 1 atom stereocenters. The van der Waals surface area contributed by atoms with Crippen molar-refractivity contribution in [2.75, 3.05) is 0 Å². The first-order valence-electron chi connectivity index (χ1n) is 6.77. The van der Waals surface area contributed by atoms with Gasteiger partial charge in [-0.1, -0.05) is 24.3 Å². The van der Waals surface area contributed by atoms with Crippen LogP contribution in [0.2, 0.25) is 0 Å². The van der Waals surface area contributed by atoms with Crippen molar-refractivity contribution in [3.8, 4) is 0 Å². The molecule has 0 radical (unpaired) electrons. The average molecular weight is 251 g/mol. The fraction of sp³-hybridized carbons (Fsp3) is 0.294. The number of nitrogens with zero attached hydrogens (tertiary/aromatic N) is 1. The first-order chi connectivity index (χ1) is 9.25. The van der Waals surface area contributed by atoms with Crippen molar-refractivity contribution in [2.24, 2.45) is 5.92 Å². The van der Waals surface area contributed by atoms with Crippen molar-refractivity contribution in [1.82, 2.24) is 4.98 Å². The summed E-state index contributed by atoms with van der Waals surface area (Å²) in [5.41, 5.74) is 4.54. The predicted molar refractivity (Wildman–Crippen MR) is 75.3 cm³/mol. The fourth-order valence-electron chi connectivity index (χ4n) is 2.86. The van der Waals surface area contributed by atoms with Gasteiger partial charge in [-0.3, -0.25) is 9.78 Å². The number of fused-ring (bicyclic) bond motifs is 1. The largest absolute Gasteiger partial charge is 0.294 e. The molecule has 0 N–H and O–H groups in total. The van der Waals surface area contributed by atoms with E-state index >= 15 is 0 Å². The number of pyridine rings is 1. The third kappa shape index (κ3) is 2.30. The highest BCUT2D eigenvalue weighted by molar-refractivity contribution is 5.99. The topological polar surface area (TPSA) is 30.0 Å². The van der Waals surface area contributed by atoms with Crippen LogP contribution in [-0.4, -0.2) is 10.8 Å². The summed E-state index contributed by atoms with van der Waals surface area (Å²) in [5, 5.41) is 0. The van der Waals surface area contributed by atoms with E-state index in [9.17, 15) is 4.79 Å². The van der Waals surface area contributed by atoms with Crippen LogP contribution in [0.3, 0.4) is 0 Å². The molecular formula is C17H17NO. The molecule has 96 valence electrons. The molecule has 0 aliphatic heterocycles. The van der Waals surface area contributed by atoms with E-state index in [-0.39, 0.29) is 11.7 Å². The van der Waals surface area contributed by atoms with Gasteiger partial charge in [-0.25, -0.2) is 0 Å². The summed E-state index contributed by atoms with van der Waals surface area (Å²) in [7, 11) is 0. The maximum absolute atomic E-state index is 12.6. The normalized spacial score (nSPS) is 17.8. The Hall–Kier alpha value is -1.96. The Labute approximate surface area is 113 Å². The van der Waals surface area contributed by atoms with Gasteiger partial charge in [-0.05, 0) is 48.9 Å². The smallest absolute Gasteiger partial charge is 0.168 e. The maximum Gasteiger partial charge on any atom is 0.168 e. The number of Topliss-reactive ketones (excluding diaryl/α,β-unsaturated/α-hetero) is 1. The van der Waals surface area contributed by atoms with Crippen LogP contribution in [0.25, 0.3) is 0 Å². The van der Waals surface area contributed by atoms with Crippen LogP contribution >= 0.6 is 0 Å². The Morgan fingerprint density at radius 3 is 2.79 bits per heavy atom. The van der Waals surface area contributed by atoms with Gasteiger partial charge in [-0.2, -0.15) is 0 Å². The molecule has 0 saturated carbocycles. The number of carbonyl (C=O) groups is 1. The van der Waals surface area contributed by atoms with Gasteiger partial charge in [0.15, 0.2) is 5.78 Å². The molecule has 2 aromatic rings. The summed E-state index contributed by atoms with van der Waals surface area (Å²) < 4.78 is 0. The lowest BCUT2D eigenvalue weighted by molar-refractivity contribution is 0.0907. The molecule has 19 heavy (non-hydrogen) atoms. The van der Waals surface area contributed by atoms with E-state index in [1.165, 1.54) is 11.1 Å². The van der Waals surface area contributed by atoms with E-state index in [0.29, 0.717) is 0 Å². The van der Waals surface area contributed by atoms with Gasteiger partial charge in [0.2, 0.25) is 0 Å². The van der Waals surface area contributed by atoms with Gasteiger partial charge in [0.05, 0.1) is 0 Å². The van der Waals surface area contributed by atoms with Gasteiger partial charge >= 0.3 is 0 Å². The molecule has 0 amide bonds. The number of benzene rings is 1. The van der Waals surface area contributed by atoms with E-state index in [1.54, 1.807) is 12.4 Å². The molecule has 1 aromatic carbocycles. The summed E-state index contributed by atoms with van der Waals surface area (Å²) in [4.78, 5) is 16.7. The SMILES string of the molecule is Cc1ccncc1C(=O)C1CCc2ccccc2C1. The van der Waals surface area contributed by atoms with Crippen molar-refractivity contribution >= 4 is 5.78 Å². The first-order valence-corrected chi connectivity index (χ1v) is 6.77. The highest BCUT2D eigenvalue weighted by Gasteiger charge is 2.26. The van der Waals surface area contributed by atoms with Crippen LogP contribution in [-0.2, 0) is 12.8 Å². The van der Waals surface area contributed by atoms with Gasteiger partial charge < -0.3 is 0 Å². The predicted octanol–water partition coefficient (Wildman–Crippen LogP) is 3.38. The summed E-state index contributed by atoms with van der Waals surface area (Å²) in [6, 6.07) is 10.4. The number of aryl methyl sites for hydroxylation is 2. The number of aromatic nitrogens is 1. The number of rotatable bonds is 2. The second-order valence-electron chi connectivity index (χ2n) is 5.26. The molecule has 0 spiro atoms. The molecule has 1 heterocycles. The molecule has 0 fully saturated rings. The Morgan fingerprint density at radius 1 is 1.21 bits per heavy atom. The van der Waals surface area contributed by atoms with Crippen LogP contribution in [0.4, 0.5) is 0 Å². The van der Waals surface area contributed by atoms with E-state index in [1.807, 2.05) is 13.0 Å². The lowest BCUT2D eigenvalue weighted by Crippen LogP contribution is -2.23. The van der Waals surface area contributed by atoms with Crippen LogP contribution in [0.1, 0.15) is 33.5 Å². The second kappa shape index (κ2) is 4.96. The van der Waals surface area contributed by atoms with E-state index in [2.05, 4.69) is 29.2 Å². The molecule has 1 aromatic heterocycles. The van der Waals surface area contributed by atoms with Gasteiger partial charge in [-0.15, -0.1) is 0 Å². The van der Waals surface area contributed by atoms with E-state index in [0.717, 1.165) is 30.4 Å². The van der Waals surface area contributed by atoms with Crippen LogP contribution < -0.4 is 0 Å². The van der Waals surface area contributed by atoms with Crippen LogP contribution in [0.5, 0.6) is 0 Å². The Kier molecular flexibility index (Phi) is 3.16. The molecule has 3 rings (SSSR count). The van der Waals surface area contributed by atoms with Crippen molar-refractivity contribution in [3.63, 3.8) is 0 Å². The molecule has 2 nitrogen and oxygen atoms in total. The molecule has 1 unspecified atom stereocenters. The zero-order valence-electron chi connectivity index (χ0n) is 11.1. The third-order valence-corrected chi connectivity index (χ3v) is 4.02. The number of carbonyl (C=O) groups excluding carboxylic acids is 1. The lowest BCUT2D eigenvalue weighted by atomic mass is 9.80. The zero-order valence-corrected chi connectivity index (χ0v) is 11.1. The third-order valence-electron chi connectivity index (χ3n) is 4.02. The molecule has 0 saturated heterocycles. The highest BCUT2D eigenvalue weighted by Crippen LogP contribution is 2.28. The summed E-state index contributed by atoms with van der Waals surface area (Å²) in [6.07, 6.45) is 6.26. The number of hydrogen-bond donors (Lipinski definition) is 0. The van der Waals surface area contributed by atoms with Gasteiger partial charge in [0.25, 0.3) is 0 Å². The minimum absolute atomic E-state index is 0.109. The lowest BCUT2D eigenvalue weighted by Gasteiger charge is -2.23. The first kappa shape index (κ1) is 12.1. The van der Waals surface area contributed by atoms with Crippen molar-refractivity contribution in [3.05, 3.63) is 65.0 Å². The molecule has 1 aliphatic rings. The Bertz CT molecular complexity index is 618. The van der Waals surface area contributed by atoms with Gasteiger partial charge in [0, 0.05) is 23.9 Å². The number of ketones is 1. The van der Waals surface area contributed by atoms with Crippen molar-refractivity contribution in [1.29, 1.82) is 0 Å². The molecule has 0 bridgehead atoms. The second-order valence-corrected chi connectivity index (χ2v) is 5.26. The summed E-state index contributed by atoms with van der Waals surface area (Å²) in [6.45, 7) is 1.98. The fourth-order valence-corrected chi connectivity index (χ4v) is 2.86. The summed E-state index contributed by atoms with van der Waals surface area (Å²) >= 11 is 0. The number of hydrogen-bond acceptors (Lipinski definition) is 2. The molecule has 2 heteroatoms. The maximum atomic E-state index is 12.6. The van der Waals surface area contributed by atoms with Crippen molar-refractivity contribution < 1.29 is 4.79 Å². The molecular weight excluding hydrogens is 234 g/mol. The summed E-state index contributed by atoms with van der Waals surface area (Å²) in [5.74, 6) is 0.359. The standard InChI is InChI=1S/C17H17NO/c1-12-8-9-18-11-16(12)17(19)15-7-6-13-4-2-3-5-14(13)10-15/h2-5,8-9,11,15H,6-7,10H2,1H3. The highest BCUT2D eigenvalue weighted by atomic mass is 16.1.